The zero-order valence-corrected chi connectivity index (χ0v) is 39.9. The molecule has 6 nitrogen and oxygen atoms in total. The standard InChI is InChI=1S/C68H42N4O2/c1-3-15-43(16-4-1)45-31-35-47(36-32-45)65-69-63(61-57-27-7-9-29-59(57)73-67(61)71-65)55-25-13-23-53(41-55)51-21-11-19-49(39-51)50-20-12-22-52(40-50)54-24-14-26-56(42-54)64-62-58-28-8-10-30-60(58)74-68(62)72-66(70-64)48-37-33-46(34-38-48)44-17-5-2-6-18-44/h1-42H. The Balaban J connectivity index is 0.806. The van der Waals surface area contributed by atoms with Crippen molar-refractivity contribution in [2.24, 2.45) is 0 Å². The van der Waals surface area contributed by atoms with Gasteiger partial charge in [0.2, 0.25) is 11.4 Å². The fraction of sp³-hybridized carbons (Fsp3) is 0. The molecule has 0 atom stereocenters. The van der Waals surface area contributed by atoms with Gasteiger partial charge in [0.05, 0.1) is 22.2 Å². The van der Waals surface area contributed by atoms with Gasteiger partial charge in [-0.15, -0.1) is 0 Å². The number of rotatable bonds is 9. The van der Waals surface area contributed by atoms with Crippen LogP contribution in [0.3, 0.4) is 0 Å². The van der Waals surface area contributed by atoms with E-state index >= 15 is 0 Å². The molecule has 346 valence electrons. The average molecular weight is 947 g/mol. The molecule has 4 aromatic heterocycles. The van der Waals surface area contributed by atoms with Gasteiger partial charge in [-0.2, -0.15) is 9.97 Å². The van der Waals surface area contributed by atoms with Gasteiger partial charge in [-0.25, -0.2) is 9.97 Å². The van der Waals surface area contributed by atoms with E-state index in [0.717, 1.165) is 122 Å². The van der Waals surface area contributed by atoms with Crippen LogP contribution in [-0.4, -0.2) is 19.9 Å². The number of hydrogen-bond donors (Lipinski definition) is 0. The maximum absolute atomic E-state index is 6.42. The highest BCUT2D eigenvalue weighted by Gasteiger charge is 2.21. The Morgan fingerprint density at radius 3 is 0.878 bits per heavy atom. The van der Waals surface area contributed by atoms with Crippen LogP contribution in [0.5, 0.6) is 0 Å². The van der Waals surface area contributed by atoms with E-state index < -0.39 is 0 Å². The molecule has 0 saturated carbocycles. The summed E-state index contributed by atoms with van der Waals surface area (Å²) in [5, 5.41) is 3.76. The van der Waals surface area contributed by atoms with Crippen LogP contribution in [0.1, 0.15) is 0 Å². The van der Waals surface area contributed by atoms with Gasteiger partial charge in [0, 0.05) is 33.0 Å². The van der Waals surface area contributed by atoms with Gasteiger partial charge in [-0.1, -0.05) is 218 Å². The summed E-state index contributed by atoms with van der Waals surface area (Å²) in [6, 6.07) is 88.6. The third kappa shape index (κ3) is 7.79. The van der Waals surface area contributed by atoms with E-state index in [1.54, 1.807) is 0 Å². The second-order valence-electron chi connectivity index (χ2n) is 18.6. The van der Waals surface area contributed by atoms with Gasteiger partial charge in [0.1, 0.15) is 11.2 Å². The predicted molar refractivity (Wildman–Crippen MR) is 301 cm³/mol. The number of benzene rings is 10. The van der Waals surface area contributed by atoms with E-state index in [0.29, 0.717) is 23.1 Å². The third-order valence-electron chi connectivity index (χ3n) is 14.0. The summed E-state index contributed by atoms with van der Waals surface area (Å²) in [6.45, 7) is 0. The van der Waals surface area contributed by atoms with Gasteiger partial charge in [-0.05, 0) is 92.0 Å². The highest BCUT2D eigenvalue weighted by molar-refractivity contribution is 6.12. The van der Waals surface area contributed by atoms with Crippen molar-refractivity contribution in [1.29, 1.82) is 0 Å². The van der Waals surface area contributed by atoms with Crippen molar-refractivity contribution >= 4 is 44.1 Å². The molecular formula is C68H42N4O2. The van der Waals surface area contributed by atoms with Gasteiger partial charge in [0.15, 0.2) is 11.6 Å². The Morgan fingerprint density at radius 1 is 0.216 bits per heavy atom. The number of aromatic nitrogens is 4. The number of furan rings is 2. The van der Waals surface area contributed by atoms with Crippen LogP contribution >= 0.6 is 0 Å². The third-order valence-corrected chi connectivity index (χ3v) is 14.0. The van der Waals surface area contributed by atoms with Gasteiger partial charge >= 0.3 is 0 Å². The first kappa shape index (κ1) is 42.8. The molecule has 0 fully saturated rings. The van der Waals surface area contributed by atoms with Crippen molar-refractivity contribution in [3.63, 3.8) is 0 Å². The first-order chi connectivity index (χ1) is 36.6. The number of para-hydroxylation sites is 2. The molecule has 0 N–H and O–H groups in total. The SMILES string of the molecule is c1ccc(-c2ccc(-c3nc(-c4cccc(-c5cccc(-c6cccc(-c7cccc(-c8nc(-c9ccc(-c%10ccccc%10)cc9)nc9oc%10ccccc%10c89)c7)c6)c5)c4)c4c(n3)oc3ccccc34)cc2)cc1. The molecule has 0 aliphatic carbocycles. The van der Waals surface area contributed by atoms with Crippen LogP contribution in [0.15, 0.2) is 264 Å². The van der Waals surface area contributed by atoms with Crippen molar-refractivity contribution in [1.82, 2.24) is 19.9 Å². The maximum atomic E-state index is 6.42. The number of nitrogens with zero attached hydrogens (tertiary/aromatic N) is 4. The molecule has 0 spiro atoms. The summed E-state index contributed by atoms with van der Waals surface area (Å²) in [6.07, 6.45) is 0. The van der Waals surface area contributed by atoms with Crippen molar-refractivity contribution in [3.8, 4) is 101 Å². The second-order valence-corrected chi connectivity index (χ2v) is 18.6. The normalized spacial score (nSPS) is 11.5. The van der Waals surface area contributed by atoms with Gasteiger partial charge < -0.3 is 8.83 Å². The summed E-state index contributed by atoms with van der Waals surface area (Å²) in [7, 11) is 0. The van der Waals surface area contributed by atoms with Crippen LogP contribution in [0.2, 0.25) is 0 Å². The number of hydrogen-bond acceptors (Lipinski definition) is 6. The maximum Gasteiger partial charge on any atom is 0.231 e. The van der Waals surface area contributed by atoms with Crippen molar-refractivity contribution in [2.45, 2.75) is 0 Å². The Morgan fingerprint density at radius 2 is 0.500 bits per heavy atom. The Hall–Kier alpha value is -10.0. The van der Waals surface area contributed by atoms with Crippen molar-refractivity contribution in [2.75, 3.05) is 0 Å². The molecule has 0 radical (unpaired) electrons. The van der Waals surface area contributed by atoms with E-state index in [-0.39, 0.29) is 0 Å². The largest absolute Gasteiger partial charge is 0.438 e. The summed E-state index contributed by atoms with van der Waals surface area (Å²) in [5.41, 5.74) is 19.3. The minimum atomic E-state index is 0.561. The van der Waals surface area contributed by atoms with Crippen molar-refractivity contribution < 1.29 is 8.83 Å². The second kappa shape index (κ2) is 18.0. The Labute approximate surface area is 426 Å². The van der Waals surface area contributed by atoms with Gasteiger partial charge in [0.25, 0.3) is 0 Å². The predicted octanol–water partition coefficient (Wildman–Crippen LogP) is 18.1. The molecule has 10 aromatic carbocycles. The fourth-order valence-corrected chi connectivity index (χ4v) is 10.3. The quantitative estimate of drug-likeness (QED) is 0.143. The highest BCUT2D eigenvalue weighted by atomic mass is 16.3. The lowest BCUT2D eigenvalue weighted by Gasteiger charge is -2.12. The van der Waals surface area contributed by atoms with Gasteiger partial charge in [-0.3, -0.25) is 0 Å². The van der Waals surface area contributed by atoms with E-state index in [4.69, 9.17) is 28.8 Å². The molecule has 0 aliphatic heterocycles. The lowest BCUT2D eigenvalue weighted by Crippen LogP contribution is -1.94. The highest BCUT2D eigenvalue weighted by Crippen LogP contribution is 2.41. The molecule has 0 bridgehead atoms. The van der Waals surface area contributed by atoms with Crippen LogP contribution in [0, 0.1) is 0 Å². The zero-order chi connectivity index (χ0) is 49.0. The summed E-state index contributed by atoms with van der Waals surface area (Å²) < 4.78 is 12.8. The molecule has 6 heteroatoms. The fourth-order valence-electron chi connectivity index (χ4n) is 10.3. The Kier molecular flexibility index (Phi) is 10.4. The summed E-state index contributed by atoms with van der Waals surface area (Å²) >= 11 is 0. The van der Waals surface area contributed by atoms with Crippen LogP contribution in [0.4, 0.5) is 0 Å². The topological polar surface area (TPSA) is 77.8 Å². The van der Waals surface area contributed by atoms with Crippen molar-refractivity contribution in [3.05, 3.63) is 255 Å². The molecule has 74 heavy (non-hydrogen) atoms. The molecule has 4 heterocycles. The monoisotopic (exact) mass is 946 g/mol. The van der Waals surface area contributed by atoms with Crippen LogP contribution < -0.4 is 0 Å². The van der Waals surface area contributed by atoms with E-state index in [2.05, 4.69) is 206 Å². The molecule has 0 unspecified atom stereocenters. The first-order valence-electron chi connectivity index (χ1n) is 24.8. The van der Waals surface area contributed by atoms with E-state index in [9.17, 15) is 0 Å². The summed E-state index contributed by atoms with van der Waals surface area (Å²) in [5.74, 6) is 1.22. The molecular weight excluding hydrogens is 905 g/mol. The van der Waals surface area contributed by atoms with Crippen LogP contribution in [-0.2, 0) is 0 Å². The molecule has 0 amide bonds. The Bertz CT molecular complexity index is 4120. The molecule has 14 aromatic rings. The molecule has 14 rings (SSSR count). The lowest BCUT2D eigenvalue weighted by molar-refractivity contribution is 0.653. The molecule has 0 saturated heterocycles. The number of fused-ring (bicyclic) bond motifs is 6. The van der Waals surface area contributed by atoms with Crippen LogP contribution in [0.25, 0.3) is 145 Å². The lowest BCUT2D eigenvalue weighted by atomic mass is 9.94. The first-order valence-corrected chi connectivity index (χ1v) is 24.8. The minimum absolute atomic E-state index is 0.561. The zero-order valence-electron chi connectivity index (χ0n) is 39.9. The average Bonchev–Trinajstić information content (AvgIpc) is 4.07. The smallest absolute Gasteiger partial charge is 0.231 e. The molecule has 0 aliphatic rings. The minimum Gasteiger partial charge on any atom is -0.438 e. The van der Waals surface area contributed by atoms with E-state index in [1.807, 2.05) is 48.5 Å². The van der Waals surface area contributed by atoms with E-state index in [1.165, 1.54) is 0 Å². The summed E-state index contributed by atoms with van der Waals surface area (Å²) in [4.78, 5) is 20.6.